The van der Waals surface area contributed by atoms with Gasteiger partial charge in [0.2, 0.25) is 0 Å². The maximum Gasteiger partial charge on any atom is 0.145 e. The molecule has 3 N–H and O–H groups in total. The molecule has 8 heteroatoms. The zero-order valence-electron chi connectivity index (χ0n) is 17.2. The minimum Gasteiger partial charge on any atom is -0.365 e. The normalized spacial score (nSPS) is 18.9. The molecular weight excluding hydrogens is 388 g/mol. The molecule has 2 fully saturated rings. The SMILES string of the molecule is c1cc2[nH]nc(-c3cncc(NC4CCCNC4)n3)c2cc1-c1cncc(C2CC2)n1. The fourth-order valence-electron chi connectivity index (χ4n) is 4.20. The van der Waals surface area contributed by atoms with Crippen molar-refractivity contribution in [3.63, 3.8) is 0 Å². The van der Waals surface area contributed by atoms with Crippen molar-refractivity contribution in [2.75, 3.05) is 18.4 Å². The van der Waals surface area contributed by atoms with Crippen molar-refractivity contribution in [1.29, 1.82) is 0 Å². The van der Waals surface area contributed by atoms with Crippen molar-refractivity contribution < 1.29 is 0 Å². The lowest BCUT2D eigenvalue weighted by atomic mass is 10.1. The summed E-state index contributed by atoms with van der Waals surface area (Å²) in [4.78, 5) is 18.5. The molecule has 6 rings (SSSR count). The first-order valence-corrected chi connectivity index (χ1v) is 10.9. The van der Waals surface area contributed by atoms with E-state index < -0.39 is 0 Å². The van der Waals surface area contributed by atoms with Crippen LogP contribution in [0.4, 0.5) is 5.82 Å². The number of piperidine rings is 1. The second kappa shape index (κ2) is 7.70. The Bertz CT molecular complexity index is 1220. The molecule has 1 saturated heterocycles. The topological polar surface area (TPSA) is 104 Å². The van der Waals surface area contributed by atoms with Gasteiger partial charge in [-0.25, -0.2) is 9.97 Å². The van der Waals surface area contributed by atoms with Gasteiger partial charge in [-0.05, 0) is 44.4 Å². The van der Waals surface area contributed by atoms with Crippen LogP contribution in [0.3, 0.4) is 0 Å². The molecule has 1 aliphatic heterocycles. The smallest absolute Gasteiger partial charge is 0.145 e. The number of benzene rings is 1. The highest BCUT2D eigenvalue weighted by molar-refractivity contribution is 5.94. The van der Waals surface area contributed by atoms with Crippen molar-refractivity contribution in [2.24, 2.45) is 0 Å². The standard InChI is InChI=1S/C23H24N8/c1-2-16(9-24-7-1)27-22-13-26-12-21(29-22)23-17-8-15(5-6-18(17)30-31-23)20-11-25-10-19(28-20)14-3-4-14/h5-6,8,10-14,16,24H,1-4,7,9H2,(H,27,29)(H,30,31). The third-order valence-corrected chi connectivity index (χ3v) is 6.03. The first kappa shape index (κ1) is 18.4. The van der Waals surface area contributed by atoms with Gasteiger partial charge in [0, 0.05) is 35.7 Å². The quantitative estimate of drug-likeness (QED) is 0.461. The number of nitrogens with one attached hydrogen (secondary N) is 3. The predicted molar refractivity (Wildman–Crippen MR) is 120 cm³/mol. The highest BCUT2D eigenvalue weighted by atomic mass is 15.1. The second-order valence-corrected chi connectivity index (χ2v) is 8.41. The fraction of sp³-hybridized carbons (Fsp3) is 0.348. The first-order chi connectivity index (χ1) is 15.3. The van der Waals surface area contributed by atoms with E-state index in [0.717, 1.165) is 64.6 Å². The molecule has 1 saturated carbocycles. The Balaban J connectivity index is 1.34. The lowest BCUT2D eigenvalue weighted by molar-refractivity contribution is 0.479. The number of nitrogens with zero attached hydrogens (tertiary/aromatic N) is 5. The van der Waals surface area contributed by atoms with Crippen LogP contribution in [0.15, 0.2) is 43.0 Å². The maximum atomic E-state index is 4.84. The first-order valence-electron chi connectivity index (χ1n) is 10.9. The van der Waals surface area contributed by atoms with Crippen molar-refractivity contribution in [3.8, 4) is 22.6 Å². The molecule has 0 bridgehead atoms. The Labute approximate surface area is 180 Å². The second-order valence-electron chi connectivity index (χ2n) is 8.41. The van der Waals surface area contributed by atoms with Gasteiger partial charge < -0.3 is 10.6 Å². The minimum absolute atomic E-state index is 0.373. The van der Waals surface area contributed by atoms with Crippen LogP contribution in [0.5, 0.6) is 0 Å². The monoisotopic (exact) mass is 412 g/mol. The molecule has 0 amide bonds. The number of hydrogen-bond donors (Lipinski definition) is 3. The number of rotatable bonds is 5. The number of aromatic amines is 1. The largest absolute Gasteiger partial charge is 0.365 e. The molecule has 8 nitrogen and oxygen atoms in total. The summed E-state index contributed by atoms with van der Waals surface area (Å²) in [5.74, 6) is 1.35. The summed E-state index contributed by atoms with van der Waals surface area (Å²) in [5.41, 5.74) is 5.51. The third kappa shape index (κ3) is 3.74. The highest BCUT2D eigenvalue weighted by Gasteiger charge is 2.25. The Morgan fingerprint density at radius 1 is 0.935 bits per heavy atom. The Morgan fingerprint density at radius 3 is 2.71 bits per heavy atom. The van der Waals surface area contributed by atoms with Crippen molar-refractivity contribution in [2.45, 2.75) is 37.6 Å². The van der Waals surface area contributed by atoms with Crippen LogP contribution < -0.4 is 10.6 Å². The molecule has 2 aliphatic rings. The minimum atomic E-state index is 0.373. The maximum absolute atomic E-state index is 4.84. The summed E-state index contributed by atoms with van der Waals surface area (Å²) in [6.45, 7) is 2.03. The summed E-state index contributed by atoms with van der Waals surface area (Å²) in [5, 5.41) is 15.6. The van der Waals surface area contributed by atoms with Crippen LogP contribution in [-0.4, -0.2) is 49.3 Å². The molecule has 0 radical (unpaired) electrons. The lowest BCUT2D eigenvalue weighted by Gasteiger charge is -2.24. The van der Waals surface area contributed by atoms with Crippen LogP contribution in [0.25, 0.3) is 33.5 Å². The van der Waals surface area contributed by atoms with Gasteiger partial charge in [0.15, 0.2) is 0 Å². The van der Waals surface area contributed by atoms with Crippen molar-refractivity contribution >= 4 is 16.7 Å². The van der Waals surface area contributed by atoms with Crippen molar-refractivity contribution in [3.05, 3.63) is 48.7 Å². The van der Waals surface area contributed by atoms with Crippen LogP contribution in [0.1, 0.15) is 37.3 Å². The molecule has 3 aromatic heterocycles. The molecule has 1 unspecified atom stereocenters. The molecule has 4 heterocycles. The summed E-state index contributed by atoms with van der Waals surface area (Å²) >= 11 is 0. The van der Waals surface area contributed by atoms with Crippen LogP contribution >= 0.6 is 0 Å². The Morgan fingerprint density at radius 2 is 1.84 bits per heavy atom. The highest BCUT2D eigenvalue weighted by Crippen LogP contribution is 2.39. The predicted octanol–water partition coefficient (Wildman–Crippen LogP) is 3.52. The van der Waals surface area contributed by atoms with E-state index in [-0.39, 0.29) is 0 Å². The van der Waals surface area contributed by atoms with E-state index in [4.69, 9.17) is 9.97 Å². The van der Waals surface area contributed by atoms with E-state index >= 15 is 0 Å². The average molecular weight is 413 g/mol. The fourth-order valence-corrected chi connectivity index (χ4v) is 4.20. The average Bonchev–Trinajstić information content (AvgIpc) is 3.59. The van der Waals surface area contributed by atoms with Crippen LogP contribution in [0.2, 0.25) is 0 Å². The van der Waals surface area contributed by atoms with Crippen LogP contribution in [-0.2, 0) is 0 Å². The van der Waals surface area contributed by atoms with E-state index in [1.807, 2.05) is 18.5 Å². The van der Waals surface area contributed by atoms with Crippen molar-refractivity contribution in [1.82, 2.24) is 35.5 Å². The van der Waals surface area contributed by atoms with E-state index in [0.29, 0.717) is 12.0 Å². The molecule has 1 aliphatic carbocycles. The lowest BCUT2D eigenvalue weighted by Crippen LogP contribution is -2.38. The Kier molecular flexibility index (Phi) is 4.57. The summed E-state index contributed by atoms with van der Waals surface area (Å²) in [7, 11) is 0. The molecule has 1 aromatic carbocycles. The molecule has 156 valence electrons. The zero-order chi connectivity index (χ0) is 20.6. The Hall–Kier alpha value is -3.39. The van der Waals surface area contributed by atoms with E-state index in [1.54, 1.807) is 12.4 Å². The summed E-state index contributed by atoms with van der Waals surface area (Å²) in [6.07, 6.45) is 12.0. The summed E-state index contributed by atoms with van der Waals surface area (Å²) in [6, 6.07) is 6.58. The summed E-state index contributed by atoms with van der Waals surface area (Å²) < 4.78 is 0. The van der Waals surface area contributed by atoms with Gasteiger partial charge in [0.1, 0.15) is 17.2 Å². The van der Waals surface area contributed by atoms with Crippen LogP contribution in [0, 0.1) is 0 Å². The zero-order valence-corrected chi connectivity index (χ0v) is 17.2. The molecule has 31 heavy (non-hydrogen) atoms. The van der Waals surface area contributed by atoms with Gasteiger partial charge in [-0.15, -0.1) is 0 Å². The van der Waals surface area contributed by atoms with Gasteiger partial charge in [-0.3, -0.25) is 15.1 Å². The van der Waals surface area contributed by atoms with Gasteiger partial charge in [0.05, 0.1) is 35.5 Å². The van der Waals surface area contributed by atoms with E-state index in [9.17, 15) is 0 Å². The number of anilines is 1. The number of hydrogen-bond acceptors (Lipinski definition) is 7. The van der Waals surface area contributed by atoms with Gasteiger partial charge in [-0.2, -0.15) is 5.10 Å². The van der Waals surface area contributed by atoms with Gasteiger partial charge in [0.25, 0.3) is 0 Å². The number of fused-ring (bicyclic) bond motifs is 1. The van der Waals surface area contributed by atoms with E-state index in [1.165, 1.54) is 19.3 Å². The van der Waals surface area contributed by atoms with Gasteiger partial charge >= 0.3 is 0 Å². The third-order valence-electron chi connectivity index (χ3n) is 6.03. The molecule has 0 spiro atoms. The van der Waals surface area contributed by atoms with E-state index in [2.05, 4.69) is 42.9 Å². The molecule has 4 aromatic rings. The van der Waals surface area contributed by atoms with Gasteiger partial charge in [-0.1, -0.05) is 6.07 Å². The number of aromatic nitrogens is 6. The number of H-pyrrole nitrogens is 1. The molecular formula is C23H24N8. The molecule has 1 atom stereocenters.